The maximum absolute atomic E-state index is 11.4. The third-order valence-electron chi connectivity index (χ3n) is 4.05. The highest BCUT2D eigenvalue weighted by Gasteiger charge is 2.28. The van der Waals surface area contributed by atoms with Crippen molar-refractivity contribution >= 4 is 5.97 Å². The monoisotopic (exact) mass is 278 g/mol. The Kier molecular flexibility index (Phi) is 4.26. The topological polar surface area (TPSA) is 72.3 Å². The molecular weight excluding hydrogens is 256 g/mol. The number of aromatic carboxylic acids is 1. The van der Waals surface area contributed by atoms with E-state index < -0.39 is 5.97 Å². The highest BCUT2D eigenvalue weighted by molar-refractivity contribution is 5.92. The summed E-state index contributed by atoms with van der Waals surface area (Å²) in [6.45, 7) is 7.90. The number of hydrogen-bond acceptors (Lipinski definition) is 4. The van der Waals surface area contributed by atoms with E-state index in [2.05, 4.69) is 24.0 Å². The second kappa shape index (κ2) is 5.77. The van der Waals surface area contributed by atoms with Gasteiger partial charge in [-0.2, -0.15) is 5.10 Å². The van der Waals surface area contributed by atoms with Gasteiger partial charge in [0.15, 0.2) is 0 Å². The molecule has 110 valence electrons. The molecule has 0 saturated heterocycles. The van der Waals surface area contributed by atoms with Gasteiger partial charge in [-0.25, -0.2) is 4.79 Å². The normalized spacial score (nSPS) is 26.3. The van der Waals surface area contributed by atoms with Gasteiger partial charge in [0.05, 0.1) is 5.69 Å². The molecule has 0 radical (unpaired) electrons. The lowest BCUT2D eigenvalue weighted by atomic mass is 9.82. The van der Waals surface area contributed by atoms with Crippen molar-refractivity contribution in [2.45, 2.75) is 53.1 Å². The van der Waals surface area contributed by atoms with Gasteiger partial charge in [0, 0.05) is 0 Å². The molecule has 1 aliphatic rings. The van der Waals surface area contributed by atoms with Gasteiger partial charge < -0.3 is 9.84 Å². The highest BCUT2D eigenvalue weighted by atomic mass is 16.5. The van der Waals surface area contributed by atoms with Crippen LogP contribution < -0.4 is 4.74 Å². The SMILES string of the molecule is Cc1nnc(OC2CC(C)CC(C)C2)c(C(=O)O)c1C. The molecule has 5 nitrogen and oxygen atoms in total. The molecule has 2 atom stereocenters. The molecule has 1 aliphatic carbocycles. The maximum atomic E-state index is 11.4. The van der Waals surface area contributed by atoms with Crippen molar-refractivity contribution in [3.05, 3.63) is 16.8 Å². The fourth-order valence-corrected chi connectivity index (χ4v) is 3.05. The Balaban J connectivity index is 2.25. The number of carbonyl (C=O) groups is 1. The molecule has 0 spiro atoms. The molecule has 1 heterocycles. The van der Waals surface area contributed by atoms with E-state index in [0.717, 1.165) is 12.8 Å². The largest absolute Gasteiger partial charge is 0.477 e. The van der Waals surface area contributed by atoms with E-state index in [4.69, 9.17) is 4.74 Å². The van der Waals surface area contributed by atoms with Crippen LogP contribution in [0.4, 0.5) is 0 Å². The van der Waals surface area contributed by atoms with Crippen LogP contribution in [0.5, 0.6) is 5.88 Å². The van der Waals surface area contributed by atoms with Crippen LogP contribution in [0.1, 0.15) is 54.7 Å². The van der Waals surface area contributed by atoms with Crippen molar-refractivity contribution < 1.29 is 14.6 Å². The van der Waals surface area contributed by atoms with Crippen molar-refractivity contribution in [3.63, 3.8) is 0 Å². The second-order valence-corrected chi connectivity index (χ2v) is 6.05. The summed E-state index contributed by atoms with van der Waals surface area (Å²) >= 11 is 0. The van der Waals surface area contributed by atoms with Crippen LogP contribution in [0.2, 0.25) is 0 Å². The molecule has 0 bridgehead atoms. The minimum absolute atomic E-state index is 0.0308. The molecular formula is C15H22N2O3. The second-order valence-electron chi connectivity index (χ2n) is 6.05. The molecule has 1 aromatic rings. The molecule has 1 fully saturated rings. The molecule has 2 unspecified atom stereocenters. The van der Waals surface area contributed by atoms with Crippen LogP contribution in [0.25, 0.3) is 0 Å². The molecule has 1 aromatic heterocycles. The molecule has 5 heteroatoms. The summed E-state index contributed by atoms with van der Waals surface area (Å²) in [5.41, 5.74) is 1.39. The average molecular weight is 278 g/mol. The van der Waals surface area contributed by atoms with E-state index in [1.54, 1.807) is 13.8 Å². The van der Waals surface area contributed by atoms with E-state index in [1.165, 1.54) is 6.42 Å². The summed E-state index contributed by atoms with van der Waals surface area (Å²) in [5, 5.41) is 17.3. The fourth-order valence-electron chi connectivity index (χ4n) is 3.05. The smallest absolute Gasteiger partial charge is 0.341 e. The number of rotatable bonds is 3. The Labute approximate surface area is 119 Å². The molecule has 0 aliphatic heterocycles. The quantitative estimate of drug-likeness (QED) is 0.920. The van der Waals surface area contributed by atoms with Crippen LogP contribution in [-0.4, -0.2) is 27.4 Å². The fraction of sp³-hybridized carbons (Fsp3) is 0.667. The first-order valence-corrected chi connectivity index (χ1v) is 7.12. The number of aromatic nitrogens is 2. The van der Waals surface area contributed by atoms with Crippen LogP contribution >= 0.6 is 0 Å². The van der Waals surface area contributed by atoms with Gasteiger partial charge in [0.2, 0.25) is 5.88 Å². The van der Waals surface area contributed by atoms with Crippen LogP contribution in [-0.2, 0) is 0 Å². The lowest BCUT2D eigenvalue weighted by Crippen LogP contribution is -2.29. The Bertz CT molecular complexity index is 506. The summed E-state index contributed by atoms with van der Waals surface area (Å²) < 4.78 is 5.87. The molecule has 2 rings (SSSR count). The van der Waals surface area contributed by atoms with E-state index in [0.29, 0.717) is 23.1 Å². The maximum Gasteiger partial charge on any atom is 0.341 e. The molecule has 20 heavy (non-hydrogen) atoms. The lowest BCUT2D eigenvalue weighted by Gasteiger charge is -2.31. The summed E-state index contributed by atoms with van der Waals surface area (Å²) in [6, 6.07) is 0. The number of hydrogen-bond donors (Lipinski definition) is 1. The van der Waals surface area contributed by atoms with Gasteiger partial charge in [0.1, 0.15) is 11.7 Å². The predicted octanol–water partition coefficient (Wildman–Crippen LogP) is 3.00. The van der Waals surface area contributed by atoms with Crippen molar-refractivity contribution in [1.29, 1.82) is 0 Å². The zero-order chi connectivity index (χ0) is 14.9. The van der Waals surface area contributed by atoms with Gasteiger partial charge >= 0.3 is 5.97 Å². The number of aryl methyl sites for hydroxylation is 1. The van der Waals surface area contributed by atoms with Gasteiger partial charge in [-0.15, -0.1) is 5.10 Å². The van der Waals surface area contributed by atoms with Crippen LogP contribution in [0, 0.1) is 25.7 Å². The summed E-state index contributed by atoms with van der Waals surface area (Å²) in [5.74, 6) is 0.340. The number of nitrogens with zero attached hydrogens (tertiary/aromatic N) is 2. The first-order chi connectivity index (χ1) is 9.38. The van der Waals surface area contributed by atoms with Crippen LogP contribution in [0.15, 0.2) is 0 Å². The van der Waals surface area contributed by atoms with Gasteiger partial charge in [-0.3, -0.25) is 0 Å². The third-order valence-corrected chi connectivity index (χ3v) is 4.05. The molecule has 1 N–H and O–H groups in total. The summed E-state index contributed by atoms with van der Waals surface area (Å²) in [7, 11) is 0. The lowest BCUT2D eigenvalue weighted by molar-refractivity contribution is 0.0667. The third kappa shape index (κ3) is 3.08. The average Bonchev–Trinajstić information content (AvgIpc) is 2.32. The van der Waals surface area contributed by atoms with E-state index >= 15 is 0 Å². The predicted molar refractivity (Wildman–Crippen MR) is 75.1 cm³/mol. The zero-order valence-corrected chi connectivity index (χ0v) is 12.5. The van der Waals surface area contributed by atoms with E-state index in [1.807, 2.05) is 0 Å². The summed E-state index contributed by atoms with van der Waals surface area (Å²) in [4.78, 5) is 11.4. The highest BCUT2D eigenvalue weighted by Crippen LogP contribution is 2.32. The summed E-state index contributed by atoms with van der Waals surface area (Å²) in [6.07, 6.45) is 3.11. The van der Waals surface area contributed by atoms with Gasteiger partial charge in [-0.05, 0) is 50.5 Å². The van der Waals surface area contributed by atoms with Crippen molar-refractivity contribution in [2.75, 3.05) is 0 Å². The van der Waals surface area contributed by atoms with Gasteiger partial charge in [-0.1, -0.05) is 13.8 Å². The molecule has 1 saturated carbocycles. The van der Waals surface area contributed by atoms with E-state index in [9.17, 15) is 9.90 Å². The standard InChI is InChI=1S/C15H22N2O3/c1-8-5-9(2)7-12(6-8)20-14-13(15(18)19)10(3)11(4)16-17-14/h8-9,12H,5-7H2,1-4H3,(H,18,19). The molecule has 0 aromatic carbocycles. The zero-order valence-electron chi connectivity index (χ0n) is 12.5. The minimum atomic E-state index is -1.01. The number of carboxylic acids is 1. The van der Waals surface area contributed by atoms with Crippen molar-refractivity contribution in [1.82, 2.24) is 10.2 Å². The Morgan fingerprint density at radius 2 is 1.75 bits per heavy atom. The Hall–Kier alpha value is -1.65. The number of ether oxygens (including phenoxy) is 1. The van der Waals surface area contributed by atoms with Crippen molar-refractivity contribution in [3.8, 4) is 5.88 Å². The van der Waals surface area contributed by atoms with Crippen molar-refractivity contribution in [2.24, 2.45) is 11.8 Å². The number of carboxylic acid groups (broad SMARTS) is 1. The first kappa shape index (κ1) is 14.8. The van der Waals surface area contributed by atoms with Crippen LogP contribution in [0.3, 0.4) is 0 Å². The first-order valence-electron chi connectivity index (χ1n) is 7.12. The minimum Gasteiger partial charge on any atom is -0.477 e. The van der Waals surface area contributed by atoms with Gasteiger partial charge in [0.25, 0.3) is 0 Å². The Morgan fingerprint density at radius 1 is 1.15 bits per heavy atom. The van der Waals surface area contributed by atoms with E-state index in [-0.39, 0.29) is 17.5 Å². The Morgan fingerprint density at radius 3 is 2.30 bits per heavy atom. The molecule has 0 amide bonds.